The van der Waals surface area contributed by atoms with Crippen LogP contribution in [0.2, 0.25) is 0 Å². The van der Waals surface area contributed by atoms with Crippen molar-refractivity contribution in [3.05, 3.63) is 6.92 Å². The quantitative estimate of drug-likeness (QED) is 0.0418. The van der Waals surface area contributed by atoms with E-state index < -0.39 is 17.2 Å². The predicted octanol–water partition coefficient (Wildman–Crippen LogP) is 18.3. The molecule has 0 saturated carbocycles. The lowest BCUT2D eigenvalue weighted by Gasteiger charge is -2.17. The average Bonchev–Trinajstić information content (AvgIpc) is 3.20. The van der Waals surface area contributed by atoms with Gasteiger partial charge >= 0.3 is 17.2 Å². The fourth-order valence-electron chi connectivity index (χ4n) is 6.96. The van der Waals surface area contributed by atoms with Gasteiger partial charge in [-0.05, 0) is 19.3 Å². The lowest BCUT2D eigenvalue weighted by Crippen LogP contribution is -2.00. The zero-order valence-electron chi connectivity index (χ0n) is 39.3. The van der Waals surface area contributed by atoms with E-state index >= 15 is 0 Å². The minimum atomic E-state index is -2.62. The second-order valence-electron chi connectivity index (χ2n) is 16.6. The molecule has 57 heavy (non-hydrogen) atoms. The molecule has 0 aliphatic heterocycles. The molecule has 0 aromatic rings. The summed E-state index contributed by atoms with van der Waals surface area (Å²) >= 11 is 0. The van der Waals surface area contributed by atoms with Crippen molar-refractivity contribution in [2.24, 2.45) is 0 Å². The van der Waals surface area contributed by atoms with Crippen LogP contribution in [0.15, 0.2) is 0 Å². The summed E-state index contributed by atoms with van der Waals surface area (Å²) in [6.07, 6.45) is 56.0. The van der Waals surface area contributed by atoms with Gasteiger partial charge in [0.25, 0.3) is 0 Å². The first-order valence-corrected chi connectivity index (χ1v) is 27.6. The zero-order valence-corrected chi connectivity index (χ0v) is 41.1. The first-order valence-electron chi connectivity index (χ1n) is 25.3. The van der Waals surface area contributed by atoms with Gasteiger partial charge in [-0.25, -0.2) is 0 Å². The molecule has 8 heteroatoms. The molecule has 0 aliphatic rings. The number of unbranched alkanes of at least 4 members (excludes halogenated alkanes) is 37. The van der Waals surface area contributed by atoms with Gasteiger partial charge in [0.05, 0.1) is 19.8 Å². The van der Waals surface area contributed by atoms with Crippen molar-refractivity contribution in [2.45, 2.75) is 291 Å². The molecule has 0 rings (SSSR count). The lowest BCUT2D eigenvalue weighted by atomic mass is 10.1. The van der Waals surface area contributed by atoms with E-state index in [0.717, 1.165) is 45.5 Å². The third-order valence-electron chi connectivity index (χ3n) is 10.7. The Morgan fingerprint density at radius 3 is 0.614 bits per heavy atom. The van der Waals surface area contributed by atoms with Crippen molar-refractivity contribution in [1.82, 2.24) is 0 Å². The predicted molar refractivity (Wildman–Crippen MR) is 256 cm³/mol. The summed E-state index contributed by atoms with van der Waals surface area (Å²) in [7, 11) is -3.79. The molecule has 0 heterocycles. The maximum Gasteiger partial charge on any atom is 0.332 e. The second-order valence-corrected chi connectivity index (χ2v) is 18.3. The van der Waals surface area contributed by atoms with Gasteiger partial charge in [-0.15, -0.1) is 0 Å². The van der Waals surface area contributed by atoms with Crippen LogP contribution in [0.5, 0.6) is 0 Å². The van der Waals surface area contributed by atoms with E-state index in [-0.39, 0.29) is 0 Å². The summed E-state index contributed by atoms with van der Waals surface area (Å²) in [6.45, 7) is 15.4. The monoisotopic (exact) mass is 852 g/mol. The van der Waals surface area contributed by atoms with Crippen LogP contribution in [0.3, 0.4) is 0 Å². The molecule has 0 aromatic heterocycles. The van der Waals surface area contributed by atoms with Crippen LogP contribution >= 0.6 is 17.2 Å². The van der Waals surface area contributed by atoms with E-state index in [1.54, 1.807) is 0 Å². The highest BCUT2D eigenvalue weighted by Crippen LogP contribution is 2.40. The molecular formula is C49H105O6P2. The van der Waals surface area contributed by atoms with Crippen LogP contribution in [0, 0.1) is 6.92 Å². The molecule has 0 bridgehead atoms. The minimum absolute atomic E-state index is 0.790. The maximum atomic E-state index is 7.23. The molecule has 0 fully saturated rings. The highest BCUT2D eigenvalue weighted by atomic mass is 31.2. The third-order valence-corrected chi connectivity index (χ3v) is 11.9. The molecule has 0 amide bonds. The Kier molecular flexibility index (Phi) is 66.2. The Bertz CT molecular complexity index is 570. The molecule has 0 aliphatic carbocycles. The van der Waals surface area contributed by atoms with Gasteiger partial charge in [-0.1, -0.05) is 279 Å². The Balaban J connectivity index is -0.00000142. The molecule has 0 saturated heterocycles. The van der Waals surface area contributed by atoms with Crippen LogP contribution in [-0.4, -0.2) is 34.5 Å². The average molecular weight is 852 g/mol. The summed E-state index contributed by atoms with van der Waals surface area (Å²) in [6, 6.07) is 0. The Morgan fingerprint density at radius 1 is 0.281 bits per heavy atom. The highest BCUT2D eigenvalue weighted by molar-refractivity contribution is 7.41. The highest BCUT2D eigenvalue weighted by Gasteiger charge is 2.12. The molecule has 1 radical (unpaired) electrons. The van der Waals surface area contributed by atoms with Crippen LogP contribution in [0.1, 0.15) is 291 Å². The van der Waals surface area contributed by atoms with E-state index in [2.05, 4.69) is 34.6 Å². The maximum absolute atomic E-state index is 7.23. The van der Waals surface area contributed by atoms with Gasteiger partial charge in [0, 0.05) is 0 Å². The molecule has 347 valence electrons. The first-order chi connectivity index (χ1) is 28.0. The number of hydrogen-bond acceptors (Lipinski definition) is 6. The van der Waals surface area contributed by atoms with E-state index in [1.165, 1.54) is 238 Å². The summed E-state index contributed by atoms with van der Waals surface area (Å²) in [5, 5.41) is 0. The van der Waals surface area contributed by atoms with Crippen molar-refractivity contribution in [2.75, 3.05) is 19.8 Å². The van der Waals surface area contributed by atoms with Crippen LogP contribution in [0.25, 0.3) is 0 Å². The van der Waals surface area contributed by atoms with Gasteiger partial charge < -0.3 is 28.3 Å². The standard InChI is InChI=1S/C36H75O3P.C13H27.H3O3P/c1-4-7-10-13-16-19-22-25-28-31-34-37-40(38-35-32-29-26-23-20-17-14-11-8-5-2)39-36-33-30-27-24-21-18-15-12-9-6-3;1-3-5-7-9-11-13-12-10-8-6-4-2;1-4(2)3/h4-36H2,1-3H3;1,3-13H2,2H3;1-3H. The van der Waals surface area contributed by atoms with Crippen LogP contribution in [-0.2, 0) is 13.6 Å². The largest absolute Gasteiger partial charge is 0.332 e. The Hall–Kier alpha value is 0.620. The fraction of sp³-hybridized carbons (Fsp3) is 0.980. The molecular weight excluding hydrogens is 746 g/mol. The normalized spacial score (nSPS) is 11.3. The summed E-state index contributed by atoms with van der Waals surface area (Å²) < 4.78 is 18.4. The topological polar surface area (TPSA) is 88.4 Å². The Labute approximate surface area is 362 Å². The molecule has 0 unspecified atom stereocenters. The summed E-state index contributed by atoms with van der Waals surface area (Å²) in [5.41, 5.74) is 0. The van der Waals surface area contributed by atoms with Crippen molar-refractivity contribution in [3.63, 3.8) is 0 Å². The van der Waals surface area contributed by atoms with Gasteiger partial charge in [0.2, 0.25) is 0 Å². The number of hydrogen-bond donors (Lipinski definition) is 3. The van der Waals surface area contributed by atoms with E-state index in [4.69, 9.17) is 28.3 Å². The molecule has 6 nitrogen and oxygen atoms in total. The summed E-state index contributed by atoms with van der Waals surface area (Å²) in [4.78, 5) is 21.7. The van der Waals surface area contributed by atoms with Gasteiger partial charge in [-0.2, -0.15) is 0 Å². The molecule has 0 atom stereocenters. The van der Waals surface area contributed by atoms with E-state index in [1.807, 2.05) is 0 Å². The first kappa shape index (κ1) is 61.9. The van der Waals surface area contributed by atoms with Gasteiger partial charge in [0.1, 0.15) is 0 Å². The van der Waals surface area contributed by atoms with E-state index in [0.29, 0.717) is 0 Å². The Morgan fingerprint density at radius 2 is 0.439 bits per heavy atom. The van der Waals surface area contributed by atoms with Crippen LogP contribution < -0.4 is 0 Å². The van der Waals surface area contributed by atoms with E-state index in [9.17, 15) is 0 Å². The molecule has 3 N–H and O–H groups in total. The van der Waals surface area contributed by atoms with Crippen molar-refractivity contribution in [1.29, 1.82) is 0 Å². The van der Waals surface area contributed by atoms with Crippen molar-refractivity contribution in [3.8, 4) is 0 Å². The SMILES string of the molecule is CCCCCCCCCCCCOP(OCCCCCCCCCCCC)OCCCCCCCCCCCC.OP(O)O.[CH2]CCCCCCCCCCCC. The van der Waals surface area contributed by atoms with Gasteiger partial charge in [-0.3, -0.25) is 0 Å². The van der Waals surface area contributed by atoms with Crippen molar-refractivity contribution >= 4 is 17.2 Å². The zero-order chi connectivity index (χ0) is 42.4. The molecule has 0 spiro atoms. The van der Waals surface area contributed by atoms with Crippen LogP contribution in [0.4, 0.5) is 0 Å². The third kappa shape index (κ3) is 68.6. The molecule has 0 aromatic carbocycles. The minimum Gasteiger partial charge on any atom is -0.328 e. The number of rotatable bonds is 46. The summed E-state index contributed by atoms with van der Waals surface area (Å²) in [5.74, 6) is 0. The smallest absolute Gasteiger partial charge is 0.328 e. The second kappa shape index (κ2) is 60.9. The van der Waals surface area contributed by atoms with Gasteiger partial charge in [0.15, 0.2) is 0 Å². The lowest BCUT2D eigenvalue weighted by molar-refractivity contribution is 0.153. The fourth-order valence-corrected chi connectivity index (χ4v) is 8.02. The van der Waals surface area contributed by atoms with Crippen molar-refractivity contribution < 1.29 is 28.3 Å².